The molecule has 0 aromatic heterocycles. The van der Waals surface area contributed by atoms with Crippen LogP contribution in [0.3, 0.4) is 0 Å². The zero-order valence-electron chi connectivity index (χ0n) is 21.5. The number of rotatable bonds is 7. The van der Waals surface area contributed by atoms with Crippen LogP contribution in [0.1, 0.15) is 49.4 Å². The Hall–Kier alpha value is -3.73. The molecule has 3 aromatic rings. The van der Waals surface area contributed by atoms with E-state index in [1.165, 1.54) is 16.8 Å². The third-order valence-electron chi connectivity index (χ3n) is 7.41. The highest BCUT2D eigenvalue weighted by molar-refractivity contribution is 5.84. The Kier molecular flexibility index (Phi) is 6.25. The van der Waals surface area contributed by atoms with Gasteiger partial charge in [-0.1, -0.05) is 74.0 Å². The van der Waals surface area contributed by atoms with E-state index in [-0.39, 0.29) is 11.3 Å². The molecule has 3 aromatic carbocycles. The fraction of sp³-hybridized carbons (Fsp3) is 0.323. The number of nitrogens with one attached hydrogen (secondary N) is 1. The number of carbonyl (C=O) groups excluding carboxylic acids is 1. The molecule has 1 amide bonds. The van der Waals surface area contributed by atoms with Gasteiger partial charge in [-0.3, -0.25) is 4.79 Å². The minimum absolute atomic E-state index is 0.0770. The van der Waals surface area contributed by atoms with Crippen molar-refractivity contribution in [1.29, 1.82) is 0 Å². The quantitative estimate of drug-likeness (QED) is 0.449. The number of hydrogen-bond donors (Lipinski definition) is 1. The van der Waals surface area contributed by atoms with Crippen molar-refractivity contribution < 1.29 is 14.3 Å². The van der Waals surface area contributed by atoms with E-state index in [4.69, 9.17) is 9.47 Å². The molecular formula is C31H34N2O3. The predicted octanol–water partition coefficient (Wildman–Crippen LogP) is 6.00. The highest BCUT2D eigenvalue weighted by atomic mass is 16.5. The summed E-state index contributed by atoms with van der Waals surface area (Å²) in [6.07, 6.45) is 4.72. The van der Waals surface area contributed by atoms with E-state index in [1.807, 2.05) is 55.5 Å². The van der Waals surface area contributed by atoms with Crippen LogP contribution in [-0.2, 0) is 16.8 Å². The van der Waals surface area contributed by atoms with Crippen LogP contribution >= 0.6 is 0 Å². The molecule has 0 radical (unpaired) electrons. The maximum atomic E-state index is 12.7. The number of nitrogens with zero attached hydrogens (tertiary/aromatic N) is 1. The Morgan fingerprint density at radius 1 is 1.00 bits per heavy atom. The van der Waals surface area contributed by atoms with Crippen LogP contribution in [0.5, 0.6) is 11.5 Å². The maximum absolute atomic E-state index is 12.7. The predicted molar refractivity (Wildman–Crippen MR) is 144 cm³/mol. The Morgan fingerprint density at radius 3 is 2.58 bits per heavy atom. The summed E-state index contributed by atoms with van der Waals surface area (Å²) in [6.45, 7) is 10.2. The molecule has 0 spiro atoms. The summed E-state index contributed by atoms with van der Waals surface area (Å²) in [4.78, 5) is 15.0. The molecule has 0 bridgehead atoms. The second kappa shape index (κ2) is 9.38. The van der Waals surface area contributed by atoms with Gasteiger partial charge in [0, 0.05) is 24.1 Å². The summed E-state index contributed by atoms with van der Waals surface area (Å²) in [5, 5.41) is 3.35. The maximum Gasteiger partial charge on any atom is 0.223 e. The molecule has 1 fully saturated rings. The van der Waals surface area contributed by atoms with Crippen LogP contribution < -0.4 is 19.7 Å². The van der Waals surface area contributed by atoms with Gasteiger partial charge in [0.15, 0.2) is 11.5 Å². The largest absolute Gasteiger partial charge is 0.490 e. The molecule has 186 valence electrons. The van der Waals surface area contributed by atoms with Crippen molar-refractivity contribution in [3.63, 3.8) is 0 Å². The third kappa shape index (κ3) is 4.13. The van der Waals surface area contributed by atoms with Crippen molar-refractivity contribution in [3.05, 3.63) is 95.1 Å². The van der Waals surface area contributed by atoms with Gasteiger partial charge < -0.3 is 19.7 Å². The van der Waals surface area contributed by atoms with Crippen molar-refractivity contribution >= 4 is 17.7 Å². The van der Waals surface area contributed by atoms with Gasteiger partial charge in [-0.05, 0) is 54.8 Å². The van der Waals surface area contributed by atoms with Gasteiger partial charge in [0.2, 0.25) is 5.91 Å². The van der Waals surface area contributed by atoms with Gasteiger partial charge in [-0.15, -0.1) is 0 Å². The highest BCUT2D eigenvalue weighted by Crippen LogP contribution is 2.52. The van der Waals surface area contributed by atoms with Crippen LogP contribution in [0.4, 0.5) is 5.69 Å². The van der Waals surface area contributed by atoms with Gasteiger partial charge >= 0.3 is 0 Å². The second-order valence-corrected chi connectivity index (χ2v) is 10.1. The van der Waals surface area contributed by atoms with Crippen molar-refractivity contribution in [2.24, 2.45) is 0 Å². The fourth-order valence-corrected chi connectivity index (χ4v) is 5.44. The fourth-order valence-electron chi connectivity index (χ4n) is 5.44. The van der Waals surface area contributed by atoms with Crippen molar-refractivity contribution in [2.45, 2.75) is 51.8 Å². The summed E-state index contributed by atoms with van der Waals surface area (Å²) in [5.74, 6) is 1.50. The van der Waals surface area contributed by atoms with Gasteiger partial charge in [0.1, 0.15) is 12.3 Å². The molecule has 5 rings (SSSR count). The lowest BCUT2D eigenvalue weighted by molar-refractivity contribution is -0.124. The zero-order valence-corrected chi connectivity index (χ0v) is 21.5. The summed E-state index contributed by atoms with van der Waals surface area (Å²) >= 11 is 0. The SMILES string of the molecule is CCOc1cc(C=C[C@@]23NC(=O)CCN2c2ccc(C)cc2C3(C)C)ccc1OCc1ccccc1. The molecule has 36 heavy (non-hydrogen) atoms. The topological polar surface area (TPSA) is 50.8 Å². The van der Waals surface area contributed by atoms with E-state index >= 15 is 0 Å². The molecule has 1 atom stereocenters. The van der Waals surface area contributed by atoms with Crippen LogP contribution in [0.2, 0.25) is 0 Å². The lowest BCUT2D eigenvalue weighted by Crippen LogP contribution is -2.68. The van der Waals surface area contributed by atoms with E-state index in [1.54, 1.807) is 0 Å². The highest BCUT2D eigenvalue weighted by Gasteiger charge is 2.57. The van der Waals surface area contributed by atoms with Gasteiger partial charge in [0.25, 0.3) is 0 Å². The number of benzene rings is 3. The first-order valence-electron chi connectivity index (χ1n) is 12.7. The monoisotopic (exact) mass is 482 g/mol. The summed E-state index contributed by atoms with van der Waals surface area (Å²) in [6, 6.07) is 22.7. The number of anilines is 1. The lowest BCUT2D eigenvalue weighted by atomic mass is 9.74. The number of ether oxygens (including phenoxy) is 2. The van der Waals surface area contributed by atoms with Gasteiger partial charge in [-0.2, -0.15) is 0 Å². The smallest absolute Gasteiger partial charge is 0.223 e. The molecule has 5 nitrogen and oxygen atoms in total. The Balaban J connectivity index is 1.47. The minimum Gasteiger partial charge on any atom is -0.490 e. The second-order valence-electron chi connectivity index (χ2n) is 10.1. The number of carbonyl (C=O) groups is 1. The van der Waals surface area contributed by atoms with Crippen LogP contribution in [0, 0.1) is 6.92 Å². The van der Waals surface area contributed by atoms with Gasteiger partial charge in [-0.25, -0.2) is 0 Å². The number of aryl methyl sites for hydroxylation is 1. The van der Waals surface area contributed by atoms with Crippen molar-refractivity contribution in [1.82, 2.24) is 5.32 Å². The first-order chi connectivity index (χ1) is 17.3. The molecule has 2 heterocycles. The summed E-state index contributed by atoms with van der Waals surface area (Å²) in [7, 11) is 0. The Bertz CT molecular complexity index is 1300. The summed E-state index contributed by atoms with van der Waals surface area (Å²) in [5.41, 5.74) is 4.80. The molecule has 2 aliphatic heterocycles. The van der Waals surface area contributed by atoms with Crippen LogP contribution in [-0.4, -0.2) is 24.7 Å². The number of fused-ring (bicyclic) bond motifs is 3. The van der Waals surface area contributed by atoms with Crippen LogP contribution in [0.25, 0.3) is 6.08 Å². The molecule has 1 saturated heterocycles. The van der Waals surface area contributed by atoms with E-state index in [0.29, 0.717) is 37.7 Å². The van der Waals surface area contributed by atoms with E-state index in [9.17, 15) is 4.79 Å². The Morgan fingerprint density at radius 2 is 1.81 bits per heavy atom. The van der Waals surface area contributed by atoms with Crippen LogP contribution in [0.15, 0.2) is 72.8 Å². The zero-order chi connectivity index (χ0) is 25.3. The number of hydrogen-bond acceptors (Lipinski definition) is 4. The average molecular weight is 483 g/mol. The van der Waals surface area contributed by atoms with Crippen molar-refractivity contribution in [3.8, 4) is 11.5 Å². The molecule has 5 heteroatoms. The lowest BCUT2D eigenvalue weighted by Gasteiger charge is -2.49. The molecule has 2 aliphatic rings. The minimum atomic E-state index is -0.646. The average Bonchev–Trinajstić information content (AvgIpc) is 3.06. The standard InChI is InChI=1S/C31H34N2O3/c1-5-35-28-20-23(12-14-27(28)36-21-24-9-7-6-8-10-24)15-17-31-30(3,4)25-19-22(2)11-13-26(25)33(31)18-16-29(34)32-31/h6-15,17,19-20H,5,16,18,21H2,1-4H3,(H,32,34)/t31-/m1/s1. The normalized spacial score (nSPS) is 20.1. The molecule has 0 unspecified atom stereocenters. The molecule has 0 aliphatic carbocycles. The van der Waals surface area contributed by atoms with E-state index < -0.39 is 5.66 Å². The Labute approximate surface area is 213 Å². The first kappa shape index (κ1) is 24.0. The molecule has 0 saturated carbocycles. The molecular weight excluding hydrogens is 448 g/mol. The number of amides is 1. The third-order valence-corrected chi connectivity index (χ3v) is 7.41. The first-order valence-corrected chi connectivity index (χ1v) is 12.7. The van der Waals surface area contributed by atoms with Gasteiger partial charge in [0.05, 0.1) is 6.61 Å². The van der Waals surface area contributed by atoms with E-state index in [2.05, 4.69) is 61.3 Å². The summed E-state index contributed by atoms with van der Waals surface area (Å²) < 4.78 is 12.0. The molecule has 1 N–H and O–H groups in total. The van der Waals surface area contributed by atoms with Crippen molar-refractivity contribution in [2.75, 3.05) is 18.1 Å². The van der Waals surface area contributed by atoms with E-state index in [0.717, 1.165) is 11.1 Å².